The largest absolute Gasteiger partial charge is 0.507 e. The van der Waals surface area contributed by atoms with Gasteiger partial charge in [-0.3, -0.25) is 14.5 Å². The highest BCUT2D eigenvalue weighted by atomic mass is 35.5. The van der Waals surface area contributed by atoms with Crippen molar-refractivity contribution < 1.29 is 23.8 Å². The summed E-state index contributed by atoms with van der Waals surface area (Å²) in [6.07, 6.45) is 0.845. The maximum Gasteiger partial charge on any atom is 0.300 e. The van der Waals surface area contributed by atoms with Crippen LogP contribution >= 0.6 is 11.6 Å². The fourth-order valence-electron chi connectivity index (χ4n) is 3.80. The second-order valence-corrected chi connectivity index (χ2v) is 7.98. The van der Waals surface area contributed by atoms with E-state index in [1.807, 2.05) is 6.92 Å². The molecule has 1 heterocycles. The minimum Gasteiger partial charge on any atom is -0.507 e. The molecule has 0 radical (unpaired) electrons. The number of rotatable bonds is 6. The fourth-order valence-corrected chi connectivity index (χ4v) is 3.98. The summed E-state index contributed by atoms with van der Waals surface area (Å²) in [4.78, 5) is 27.3. The molecule has 1 saturated heterocycles. The Labute approximate surface area is 195 Å². The summed E-state index contributed by atoms with van der Waals surface area (Å²) in [6.45, 7) is 2.53. The monoisotopic (exact) mass is 465 g/mol. The Morgan fingerprint density at radius 3 is 2.45 bits per heavy atom. The van der Waals surface area contributed by atoms with Gasteiger partial charge >= 0.3 is 0 Å². The van der Waals surface area contributed by atoms with Crippen molar-refractivity contribution in [2.24, 2.45) is 0 Å². The van der Waals surface area contributed by atoms with Crippen LogP contribution in [-0.4, -0.2) is 23.4 Å². The van der Waals surface area contributed by atoms with Gasteiger partial charge in [0, 0.05) is 21.8 Å². The molecule has 5 nitrogen and oxygen atoms in total. The van der Waals surface area contributed by atoms with Crippen molar-refractivity contribution in [2.75, 3.05) is 11.5 Å². The van der Waals surface area contributed by atoms with Crippen molar-refractivity contribution >= 4 is 34.7 Å². The summed E-state index contributed by atoms with van der Waals surface area (Å²) < 4.78 is 20.4. The molecule has 1 N–H and O–H groups in total. The number of hydrogen-bond donors (Lipinski definition) is 1. The van der Waals surface area contributed by atoms with Crippen LogP contribution in [0.1, 0.15) is 30.5 Å². The molecule has 0 bridgehead atoms. The van der Waals surface area contributed by atoms with E-state index in [-0.39, 0.29) is 11.1 Å². The molecule has 0 aromatic heterocycles. The summed E-state index contributed by atoms with van der Waals surface area (Å²) in [6, 6.07) is 17.6. The third-order valence-electron chi connectivity index (χ3n) is 5.33. The maximum absolute atomic E-state index is 14.9. The number of hydrogen-bond acceptors (Lipinski definition) is 4. The minimum absolute atomic E-state index is 0.0844. The standard InChI is InChI=1S/C26H21ClFNO4/c1-2-14-33-19-12-10-16(11-13-19)24(30)22-23(20-8-3-4-9-21(20)28)29(26(32)25(22)31)18-7-5-6-17(27)15-18/h3-13,15,23,30H,2,14H2,1H3/b24-22+. The van der Waals surface area contributed by atoms with E-state index in [0.29, 0.717) is 28.6 Å². The molecule has 7 heteroatoms. The van der Waals surface area contributed by atoms with Gasteiger partial charge in [-0.1, -0.05) is 42.8 Å². The molecule has 0 saturated carbocycles. The highest BCUT2D eigenvalue weighted by molar-refractivity contribution is 6.51. The second kappa shape index (κ2) is 9.46. The van der Waals surface area contributed by atoms with Crippen LogP contribution in [0.3, 0.4) is 0 Å². The number of carbonyl (C=O) groups is 2. The first-order chi connectivity index (χ1) is 15.9. The Bertz CT molecular complexity index is 1240. The van der Waals surface area contributed by atoms with E-state index in [1.165, 1.54) is 24.3 Å². The number of nitrogens with zero attached hydrogens (tertiary/aromatic N) is 1. The van der Waals surface area contributed by atoms with Crippen LogP contribution in [0, 0.1) is 5.82 Å². The van der Waals surface area contributed by atoms with Crippen molar-refractivity contribution in [3.05, 3.63) is 100 Å². The van der Waals surface area contributed by atoms with Crippen LogP contribution in [0.15, 0.2) is 78.4 Å². The summed E-state index contributed by atoms with van der Waals surface area (Å²) in [5.41, 5.74) is 0.512. The second-order valence-electron chi connectivity index (χ2n) is 7.54. The normalized spacial score (nSPS) is 17.4. The third kappa shape index (κ3) is 4.34. The molecule has 1 fully saturated rings. The van der Waals surface area contributed by atoms with Crippen molar-refractivity contribution in [3.8, 4) is 5.75 Å². The number of aliphatic hydroxyl groups excluding tert-OH is 1. The number of ether oxygens (including phenoxy) is 1. The van der Waals surface area contributed by atoms with E-state index in [1.54, 1.807) is 48.5 Å². The van der Waals surface area contributed by atoms with Gasteiger partial charge in [0.2, 0.25) is 0 Å². The average molecular weight is 466 g/mol. The molecule has 0 spiro atoms. The Morgan fingerprint density at radius 1 is 1.06 bits per heavy atom. The molecule has 1 atom stereocenters. The van der Waals surface area contributed by atoms with E-state index in [4.69, 9.17) is 16.3 Å². The first-order valence-corrected chi connectivity index (χ1v) is 10.8. The fraction of sp³-hybridized carbons (Fsp3) is 0.154. The average Bonchev–Trinajstić information content (AvgIpc) is 3.08. The number of benzene rings is 3. The van der Waals surface area contributed by atoms with Crippen LogP contribution in [-0.2, 0) is 9.59 Å². The molecule has 1 aliphatic heterocycles. The van der Waals surface area contributed by atoms with E-state index in [0.717, 1.165) is 11.3 Å². The highest BCUT2D eigenvalue weighted by Gasteiger charge is 2.47. The molecule has 0 aliphatic carbocycles. The molecule has 3 aromatic carbocycles. The smallest absolute Gasteiger partial charge is 0.300 e. The van der Waals surface area contributed by atoms with Gasteiger partial charge in [0.25, 0.3) is 11.7 Å². The summed E-state index contributed by atoms with van der Waals surface area (Å²) >= 11 is 6.11. The van der Waals surface area contributed by atoms with Crippen LogP contribution in [0.25, 0.3) is 5.76 Å². The van der Waals surface area contributed by atoms with E-state index >= 15 is 0 Å². The molecule has 168 valence electrons. The molecular weight excluding hydrogens is 445 g/mol. The molecule has 1 unspecified atom stereocenters. The van der Waals surface area contributed by atoms with Gasteiger partial charge in [-0.2, -0.15) is 0 Å². The zero-order chi connectivity index (χ0) is 23.5. The number of amides is 1. The molecule has 1 amide bonds. The van der Waals surface area contributed by atoms with Gasteiger partial charge in [0.1, 0.15) is 17.3 Å². The Hall–Kier alpha value is -3.64. The quantitative estimate of drug-likeness (QED) is 0.280. The van der Waals surface area contributed by atoms with Crippen molar-refractivity contribution in [1.29, 1.82) is 0 Å². The molecule has 4 rings (SSSR count). The number of halogens is 2. The molecule has 3 aromatic rings. The van der Waals surface area contributed by atoms with Gasteiger partial charge in [-0.15, -0.1) is 0 Å². The lowest BCUT2D eigenvalue weighted by atomic mass is 9.94. The van der Waals surface area contributed by atoms with Crippen LogP contribution in [0.5, 0.6) is 5.75 Å². The summed E-state index contributed by atoms with van der Waals surface area (Å²) in [7, 11) is 0. The third-order valence-corrected chi connectivity index (χ3v) is 5.57. The van der Waals surface area contributed by atoms with Gasteiger partial charge in [-0.25, -0.2) is 4.39 Å². The van der Waals surface area contributed by atoms with Gasteiger partial charge in [-0.05, 0) is 55.0 Å². The number of carbonyl (C=O) groups excluding carboxylic acids is 2. The molecule has 1 aliphatic rings. The molecule has 33 heavy (non-hydrogen) atoms. The van der Waals surface area contributed by atoms with Crippen molar-refractivity contribution in [3.63, 3.8) is 0 Å². The topological polar surface area (TPSA) is 66.8 Å². The van der Waals surface area contributed by atoms with E-state index in [9.17, 15) is 19.1 Å². The van der Waals surface area contributed by atoms with E-state index in [2.05, 4.69) is 0 Å². The maximum atomic E-state index is 14.9. The SMILES string of the molecule is CCCOc1ccc(/C(O)=C2\C(=O)C(=O)N(c3cccc(Cl)c3)C2c2ccccc2F)cc1. The van der Waals surface area contributed by atoms with Crippen molar-refractivity contribution in [1.82, 2.24) is 0 Å². The lowest BCUT2D eigenvalue weighted by molar-refractivity contribution is -0.132. The summed E-state index contributed by atoms with van der Waals surface area (Å²) in [5.74, 6) is -2.18. The van der Waals surface area contributed by atoms with Gasteiger partial charge < -0.3 is 9.84 Å². The van der Waals surface area contributed by atoms with Gasteiger partial charge in [0.15, 0.2) is 0 Å². The highest BCUT2D eigenvalue weighted by Crippen LogP contribution is 2.43. The lowest BCUT2D eigenvalue weighted by Gasteiger charge is -2.25. The zero-order valence-corrected chi connectivity index (χ0v) is 18.6. The number of Topliss-reactive ketones (excluding diaryl/α,β-unsaturated/α-hetero) is 1. The Morgan fingerprint density at radius 2 is 1.79 bits per heavy atom. The van der Waals surface area contributed by atoms with Crippen LogP contribution in [0.2, 0.25) is 5.02 Å². The minimum atomic E-state index is -1.17. The first kappa shape index (κ1) is 22.6. The molecular formula is C26H21ClFNO4. The number of aliphatic hydroxyl groups is 1. The van der Waals surface area contributed by atoms with Crippen LogP contribution in [0.4, 0.5) is 10.1 Å². The Balaban J connectivity index is 1.87. The van der Waals surface area contributed by atoms with Crippen molar-refractivity contribution in [2.45, 2.75) is 19.4 Å². The van der Waals surface area contributed by atoms with E-state index < -0.39 is 29.3 Å². The number of ketones is 1. The summed E-state index contributed by atoms with van der Waals surface area (Å²) in [5, 5.41) is 11.5. The van der Waals surface area contributed by atoms with Gasteiger partial charge in [0.05, 0.1) is 18.2 Å². The zero-order valence-electron chi connectivity index (χ0n) is 17.8. The Kier molecular flexibility index (Phi) is 6.47. The number of anilines is 1. The predicted octanol–water partition coefficient (Wildman–Crippen LogP) is 5.89. The van der Waals surface area contributed by atoms with Crippen LogP contribution < -0.4 is 9.64 Å². The first-order valence-electron chi connectivity index (χ1n) is 10.5. The lowest BCUT2D eigenvalue weighted by Crippen LogP contribution is -2.29. The predicted molar refractivity (Wildman–Crippen MR) is 125 cm³/mol.